The Hall–Kier alpha value is -1.60. The summed E-state index contributed by atoms with van der Waals surface area (Å²) in [7, 11) is -3.78. The molecule has 2 saturated heterocycles. The van der Waals surface area contributed by atoms with E-state index in [0.717, 1.165) is 35.8 Å². The van der Waals surface area contributed by atoms with Crippen LogP contribution in [0.25, 0.3) is 0 Å². The van der Waals surface area contributed by atoms with Crippen LogP contribution in [0.2, 0.25) is 0 Å². The van der Waals surface area contributed by atoms with E-state index in [4.69, 9.17) is 0 Å². The predicted octanol–water partition coefficient (Wildman–Crippen LogP) is 2.21. The SMILES string of the molecule is Cc1ccc(S(=O)(=O)N2CCCN(N3CCCCC3)C2=O)cc1. The highest BCUT2D eigenvalue weighted by Crippen LogP contribution is 2.23. The normalized spacial score (nSPS) is 20.8. The van der Waals surface area contributed by atoms with Crippen molar-refractivity contribution in [2.24, 2.45) is 0 Å². The van der Waals surface area contributed by atoms with Gasteiger partial charge in [-0.05, 0) is 38.3 Å². The number of urea groups is 1. The standard InChI is InChI=1S/C16H23N3O3S/c1-14-6-8-15(9-7-14)23(21,22)19-13-5-12-18(16(19)20)17-10-3-2-4-11-17/h6-9H,2-5,10-13H2,1H3. The van der Waals surface area contributed by atoms with Crippen LogP contribution in [0.5, 0.6) is 0 Å². The lowest BCUT2D eigenvalue weighted by atomic mass is 10.1. The van der Waals surface area contributed by atoms with Crippen LogP contribution in [0.1, 0.15) is 31.2 Å². The summed E-state index contributed by atoms with van der Waals surface area (Å²) in [5.74, 6) is 0. The van der Waals surface area contributed by atoms with E-state index >= 15 is 0 Å². The van der Waals surface area contributed by atoms with E-state index in [1.54, 1.807) is 29.3 Å². The first-order chi connectivity index (χ1) is 11.0. The Morgan fingerprint density at radius 2 is 1.52 bits per heavy atom. The highest BCUT2D eigenvalue weighted by molar-refractivity contribution is 7.89. The van der Waals surface area contributed by atoms with Crippen LogP contribution in [-0.4, -0.2) is 55.0 Å². The van der Waals surface area contributed by atoms with Crippen molar-refractivity contribution in [3.63, 3.8) is 0 Å². The summed E-state index contributed by atoms with van der Waals surface area (Å²) in [4.78, 5) is 12.9. The fraction of sp³-hybridized carbons (Fsp3) is 0.562. The number of benzene rings is 1. The van der Waals surface area contributed by atoms with Crippen molar-refractivity contribution in [2.75, 3.05) is 26.2 Å². The maximum atomic E-state index is 12.8. The number of nitrogens with zero attached hydrogens (tertiary/aromatic N) is 3. The van der Waals surface area contributed by atoms with E-state index in [1.807, 2.05) is 11.9 Å². The van der Waals surface area contributed by atoms with E-state index < -0.39 is 16.1 Å². The van der Waals surface area contributed by atoms with Crippen LogP contribution >= 0.6 is 0 Å². The van der Waals surface area contributed by atoms with Crippen molar-refractivity contribution in [1.82, 2.24) is 14.3 Å². The minimum Gasteiger partial charge on any atom is -0.256 e. The van der Waals surface area contributed by atoms with Gasteiger partial charge in [-0.3, -0.25) is 5.01 Å². The van der Waals surface area contributed by atoms with Gasteiger partial charge >= 0.3 is 6.03 Å². The molecule has 7 heteroatoms. The van der Waals surface area contributed by atoms with Gasteiger partial charge in [0.15, 0.2) is 0 Å². The second kappa shape index (κ2) is 6.49. The molecule has 2 aliphatic rings. The van der Waals surface area contributed by atoms with E-state index in [-0.39, 0.29) is 11.4 Å². The van der Waals surface area contributed by atoms with E-state index in [9.17, 15) is 13.2 Å². The maximum absolute atomic E-state index is 12.8. The zero-order valence-electron chi connectivity index (χ0n) is 13.4. The van der Waals surface area contributed by atoms with Gasteiger partial charge in [-0.25, -0.2) is 22.5 Å². The smallest absolute Gasteiger partial charge is 0.256 e. The van der Waals surface area contributed by atoms with Crippen molar-refractivity contribution < 1.29 is 13.2 Å². The number of hydrogen-bond acceptors (Lipinski definition) is 4. The number of carbonyl (C=O) groups is 1. The van der Waals surface area contributed by atoms with Crippen molar-refractivity contribution in [2.45, 2.75) is 37.5 Å². The van der Waals surface area contributed by atoms with Crippen molar-refractivity contribution in [1.29, 1.82) is 0 Å². The third-order valence-corrected chi connectivity index (χ3v) is 6.24. The van der Waals surface area contributed by atoms with Crippen LogP contribution in [0.3, 0.4) is 0 Å². The lowest BCUT2D eigenvalue weighted by Gasteiger charge is -2.42. The lowest BCUT2D eigenvalue weighted by molar-refractivity contribution is -0.0202. The van der Waals surface area contributed by atoms with Crippen LogP contribution in [0, 0.1) is 6.92 Å². The maximum Gasteiger partial charge on any atom is 0.348 e. The number of carbonyl (C=O) groups excluding carboxylic acids is 1. The first-order valence-corrected chi connectivity index (χ1v) is 9.60. The summed E-state index contributed by atoms with van der Waals surface area (Å²) >= 11 is 0. The minimum absolute atomic E-state index is 0.178. The van der Waals surface area contributed by atoms with Crippen molar-refractivity contribution >= 4 is 16.1 Å². The molecule has 0 radical (unpaired) electrons. The van der Waals surface area contributed by atoms with Gasteiger partial charge in [0.2, 0.25) is 0 Å². The first-order valence-electron chi connectivity index (χ1n) is 8.16. The lowest BCUT2D eigenvalue weighted by Crippen LogP contribution is -2.58. The van der Waals surface area contributed by atoms with Gasteiger partial charge in [0.25, 0.3) is 10.0 Å². The zero-order chi connectivity index (χ0) is 16.4. The number of rotatable bonds is 3. The van der Waals surface area contributed by atoms with Gasteiger partial charge in [0.1, 0.15) is 0 Å². The van der Waals surface area contributed by atoms with Crippen LogP contribution in [0.4, 0.5) is 4.79 Å². The molecule has 0 aliphatic carbocycles. The topological polar surface area (TPSA) is 60.9 Å². The molecule has 6 nitrogen and oxygen atoms in total. The molecular weight excluding hydrogens is 314 g/mol. The zero-order valence-corrected chi connectivity index (χ0v) is 14.3. The first kappa shape index (κ1) is 16.3. The molecular formula is C16H23N3O3S. The largest absolute Gasteiger partial charge is 0.348 e. The van der Waals surface area contributed by atoms with Crippen LogP contribution in [0.15, 0.2) is 29.2 Å². The van der Waals surface area contributed by atoms with Crippen LogP contribution < -0.4 is 0 Å². The second-order valence-corrected chi connectivity index (χ2v) is 8.03. The molecule has 0 aromatic heterocycles. The fourth-order valence-corrected chi connectivity index (χ4v) is 4.53. The Morgan fingerprint density at radius 3 is 2.17 bits per heavy atom. The van der Waals surface area contributed by atoms with Crippen molar-refractivity contribution in [3.05, 3.63) is 29.8 Å². The van der Waals surface area contributed by atoms with Crippen LogP contribution in [-0.2, 0) is 10.0 Å². The highest BCUT2D eigenvalue weighted by Gasteiger charge is 2.37. The van der Waals surface area contributed by atoms with Gasteiger partial charge in [0, 0.05) is 26.2 Å². The Kier molecular flexibility index (Phi) is 4.59. The van der Waals surface area contributed by atoms with Gasteiger partial charge in [0.05, 0.1) is 4.90 Å². The Balaban J connectivity index is 1.83. The number of sulfonamides is 1. The number of aryl methyl sites for hydroxylation is 1. The molecule has 1 aromatic carbocycles. The average Bonchev–Trinajstić information content (AvgIpc) is 2.56. The van der Waals surface area contributed by atoms with E-state index in [0.29, 0.717) is 13.0 Å². The molecule has 0 spiro atoms. The monoisotopic (exact) mass is 337 g/mol. The number of hydrogen-bond donors (Lipinski definition) is 0. The fourth-order valence-electron chi connectivity index (χ4n) is 3.13. The number of hydrazine groups is 1. The van der Waals surface area contributed by atoms with Gasteiger partial charge in [-0.2, -0.15) is 0 Å². The summed E-state index contributed by atoms with van der Waals surface area (Å²) in [5, 5.41) is 3.62. The molecule has 1 aromatic rings. The third-order valence-electron chi connectivity index (χ3n) is 4.45. The van der Waals surface area contributed by atoms with Gasteiger partial charge in [-0.15, -0.1) is 0 Å². The van der Waals surface area contributed by atoms with Gasteiger partial charge < -0.3 is 0 Å². The Bertz CT molecular complexity index is 666. The number of piperidine rings is 1. The second-order valence-electron chi connectivity index (χ2n) is 6.16. The molecule has 0 atom stereocenters. The molecule has 0 saturated carbocycles. The quantitative estimate of drug-likeness (QED) is 0.848. The average molecular weight is 337 g/mol. The molecule has 2 fully saturated rings. The van der Waals surface area contributed by atoms with Crippen molar-refractivity contribution in [3.8, 4) is 0 Å². The molecule has 3 rings (SSSR count). The summed E-state index contributed by atoms with van der Waals surface area (Å²) in [5.41, 5.74) is 0.990. The predicted molar refractivity (Wildman–Crippen MR) is 87.2 cm³/mol. The third kappa shape index (κ3) is 3.21. The molecule has 2 amide bonds. The summed E-state index contributed by atoms with van der Waals surface area (Å²) in [6.07, 6.45) is 3.93. The number of amides is 2. The molecule has 2 aliphatic heterocycles. The molecule has 126 valence electrons. The Labute approximate surface area is 137 Å². The minimum atomic E-state index is -3.78. The molecule has 0 bridgehead atoms. The molecule has 0 N–H and O–H groups in total. The highest BCUT2D eigenvalue weighted by atomic mass is 32.2. The van der Waals surface area contributed by atoms with E-state index in [1.165, 1.54) is 6.42 Å². The molecule has 0 unspecified atom stereocenters. The molecule has 23 heavy (non-hydrogen) atoms. The van der Waals surface area contributed by atoms with E-state index in [2.05, 4.69) is 0 Å². The summed E-state index contributed by atoms with van der Waals surface area (Å²) < 4.78 is 26.6. The Morgan fingerprint density at radius 1 is 0.870 bits per heavy atom. The summed E-state index contributed by atoms with van der Waals surface area (Å²) in [6.45, 7) is 4.40. The van der Waals surface area contributed by atoms with Gasteiger partial charge in [-0.1, -0.05) is 24.1 Å². The molecule has 2 heterocycles. The summed E-state index contributed by atoms with van der Waals surface area (Å²) in [6, 6.07) is 6.22.